The van der Waals surface area contributed by atoms with E-state index in [2.05, 4.69) is 5.32 Å². The van der Waals surface area contributed by atoms with Crippen molar-refractivity contribution >= 4 is 21.6 Å². The van der Waals surface area contributed by atoms with Gasteiger partial charge in [-0.3, -0.25) is 4.79 Å². The van der Waals surface area contributed by atoms with Gasteiger partial charge in [-0.15, -0.1) is 0 Å². The van der Waals surface area contributed by atoms with E-state index in [0.717, 1.165) is 18.0 Å². The molecule has 3 atom stereocenters. The monoisotopic (exact) mass is 414 g/mol. The first kappa shape index (κ1) is 22.6. The van der Waals surface area contributed by atoms with E-state index in [1.165, 1.54) is 23.5 Å². The van der Waals surface area contributed by atoms with Gasteiger partial charge in [-0.25, -0.2) is 8.42 Å². The number of nitrogens with one attached hydrogen (secondary N) is 2. The van der Waals surface area contributed by atoms with E-state index in [0.29, 0.717) is 24.5 Å². The largest absolute Gasteiger partial charge is 0.495 e. The normalized spacial score (nSPS) is 22.9. The summed E-state index contributed by atoms with van der Waals surface area (Å²) in [4.78, 5) is 13.8. The van der Waals surface area contributed by atoms with Gasteiger partial charge in [0.05, 0.1) is 17.7 Å². The van der Waals surface area contributed by atoms with Crippen molar-refractivity contribution in [2.75, 3.05) is 45.2 Å². The molecule has 0 radical (unpaired) electrons. The lowest BCUT2D eigenvalue weighted by molar-refractivity contribution is -0.907. The van der Waals surface area contributed by atoms with Crippen LogP contribution in [-0.2, 0) is 19.6 Å². The highest BCUT2D eigenvalue weighted by atomic mass is 32.2. The number of rotatable bonds is 8. The van der Waals surface area contributed by atoms with E-state index in [4.69, 9.17) is 9.47 Å². The zero-order valence-corrected chi connectivity index (χ0v) is 18.1. The van der Waals surface area contributed by atoms with Crippen LogP contribution >= 0.6 is 0 Å². The Labute approximate surface area is 167 Å². The Morgan fingerprint density at radius 2 is 1.86 bits per heavy atom. The summed E-state index contributed by atoms with van der Waals surface area (Å²) in [5.41, 5.74) is 0.356. The smallest absolute Gasteiger partial charge is 0.279 e. The van der Waals surface area contributed by atoms with E-state index in [1.807, 2.05) is 13.8 Å². The highest BCUT2D eigenvalue weighted by molar-refractivity contribution is 7.89. The number of hydrogen-bond donors (Lipinski definition) is 2. The minimum absolute atomic E-state index is 0.101. The Morgan fingerprint density at radius 1 is 1.25 bits per heavy atom. The van der Waals surface area contributed by atoms with Crippen LogP contribution in [0.4, 0.5) is 5.69 Å². The van der Waals surface area contributed by atoms with Crippen LogP contribution in [0.1, 0.15) is 27.7 Å². The second-order valence-electron chi connectivity index (χ2n) is 7.09. The van der Waals surface area contributed by atoms with Crippen LogP contribution in [0.25, 0.3) is 0 Å². The van der Waals surface area contributed by atoms with Crippen molar-refractivity contribution in [3.8, 4) is 5.75 Å². The first-order valence-corrected chi connectivity index (χ1v) is 11.1. The quantitative estimate of drug-likeness (QED) is 0.641. The number of nitrogens with zero attached hydrogens (tertiary/aromatic N) is 1. The summed E-state index contributed by atoms with van der Waals surface area (Å²) in [6.07, 6.45) is 0.201. The number of sulfonamides is 1. The summed E-state index contributed by atoms with van der Waals surface area (Å²) in [6, 6.07) is 4.53. The van der Waals surface area contributed by atoms with Crippen molar-refractivity contribution in [2.24, 2.45) is 0 Å². The van der Waals surface area contributed by atoms with Gasteiger partial charge in [0.1, 0.15) is 31.0 Å². The highest BCUT2D eigenvalue weighted by Gasteiger charge is 2.28. The number of carbonyl (C=O) groups is 1. The molecule has 1 amide bonds. The number of carbonyl (C=O) groups excluding carboxylic acids is 1. The van der Waals surface area contributed by atoms with Crippen LogP contribution < -0.4 is 15.0 Å². The fourth-order valence-corrected chi connectivity index (χ4v) is 5.10. The topological polar surface area (TPSA) is 89.4 Å². The van der Waals surface area contributed by atoms with E-state index in [-0.39, 0.29) is 29.6 Å². The van der Waals surface area contributed by atoms with Crippen molar-refractivity contribution in [3.05, 3.63) is 18.2 Å². The van der Waals surface area contributed by atoms with Crippen molar-refractivity contribution < 1.29 is 27.6 Å². The van der Waals surface area contributed by atoms with Crippen molar-refractivity contribution in [1.29, 1.82) is 0 Å². The Balaban J connectivity index is 2.19. The second kappa shape index (κ2) is 9.69. The molecule has 0 bridgehead atoms. The highest BCUT2D eigenvalue weighted by Crippen LogP contribution is 2.28. The summed E-state index contributed by atoms with van der Waals surface area (Å²) in [5, 5.41) is 2.82. The second-order valence-corrected chi connectivity index (χ2v) is 9.03. The van der Waals surface area contributed by atoms with Gasteiger partial charge in [0.2, 0.25) is 10.0 Å². The maximum Gasteiger partial charge on any atom is 0.279 e. The molecular formula is C19H32N3O5S+. The summed E-state index contributed by atoms with van der Waals surface area (Å²) < 4.78 is 37.9. The van der Waals surface area contributed by atoms with Gasteiger partial charge in [-0.2, -0.15) is 4.31 Å². The first-order valence-electron chi connectivity index (χ1n) is 9.68. The number of methoxy groups -OCH3 is 1. The summed E-state index contributed by atoms with van der Waals surface area (Å²) in [6.45, 7) is 10.1. The maximum atomic E-state index is 12.8. The van der Waals surface area contributed by atoms with Crippen LogP contribution in [-0.4, -0.2) is 70.7 Å². The van der Waals surface area contributed by atoms with Gasteiger partial charge in [0.25, 0.3) is 5.91 Å². The molecule has 0 spiro atoms. The van der Waals surface area contributed by atoms with Crippen LogP contribution in [0.3, 0.4) is 0 Å². The van der Waals surface area contributed by atoms with Crippen molar-refractivity contribution in [2.45, 2.75) is 44.8 Å². The summed E-state index contributed by atoms with van der Waals surface area (Å²) in [7, 11) is -2.14. The zero-order valence-electron chi connectivity index (χ0n) is 17.3. The molecule has 1 unspecified atom stereocenters. The number of ether oxygens (including phenoxy) is 2. The molecule has 1 saturated heterocycles. The Morgan fingerprint density at radius 3 is 2.39 bits per heavy atom. The Hall–Kier alpha value is -1.68. The van der Waals surface area contributed by atoms with Crippen molar-refractivity contribution in [1.82, 2.24) is 4.31 Å². The third-order valence-electron chi connectivity index (χ3n) is 4.82. The molecule has 1 aromatic rings. The Kier molecular flexibility index (Phi) is 7.82. The summed E-state index contributed by atoms with van der Waals surface area (Å²) in [5.74, 6) is 0.234. The van der Waals surface area contributed by atoms with Gasteiger partial charge in [0.15, 0.2) is 6.54 Å². The minimum atomic E-state index is -3.62. The number of anilines is 1. The average molecular weight is 415 g/mol. The molecule has 0 aliphatic carbocycles. The third-order valence-corrected chi connectivity index (χ3v) is 6.86. The minimum Gasteiger partial charge on any atom is -0.495 e. The molecule has 1 heterocycles. The SMILES string of the molecule is CCN(CC)S(=O)(=O)c1ccc(OC)c(NC(=O)C[NH+]2C[C@@H](C)O[C@@H](C)C2)c1. The van der Waals surface area contributed by atoms with Gasteiger partial charge >= 0.3 is 0 Å². The molecule has 1 aliphatic rings. The van der Waals surface area contributed by atoms with Crippen LogP contribution in [0.5, 0.6) is 5.75 Å². The van der Waals surface area contributed by atoms with Gasteiger partial charge in [-0.1, -0.05) is 13.8 Å². The molecule has 2 rings (SSSR count). The number of benzene rings is 1. The molecule has 1 aliphatic heterocycles. The van der Waals surface area contributed by atoms with Gasteiger partial charge < -0.3 is 19.7 Å². The van der Waals surface area contributed by atoms with Gasteiger partial charge in [0, 0.05) is 13.1 Å². The lowest BCUT2D eigenvalue weighted by Crippen LogP contribution is -3.16. The molecule has 9 heteroatoms. The van der Waals surface area contributed by atoms with Crippen LogP contribution in [0, 0.1) is 0 Å². The lowest BCUT2D eigenvalue weighted by atomic mass is 10.2. The van der Waals surface area contributed by atoms with Gasteiger partial charge in [-0.05, 0) is 32.0 Å². The standard InChI is InChI=1S/C19H31N3O5S/c1-6-22(7-2)28(24,25)16-8-9-18(26-5)17(10-16)20-19(23)13-21-11-14(3)27-15(4)12-21/h8-10,14-15H,6-7,11-13H2,1-5H3,(H,20,23)/p+1/t14-,15+. The third kappa shape index (κ3) is 5.44. The van der Waals surface area contributed by atoms with E-state index < -0.39 is 10.0 Å². The maximum absolute atomic E-state index is 12.8. The van der Waals surface area contributed by atoms with E-state index in [9.17, 15) is 13.2 Å². The number of amides is 1. The molecule has 1 aromatic carbocycles. The summed E-state index contributed by atoms with van der Waals surface area (Å²) >= 11 is 0. The number of morpholine rings is 1. The predicted octanol–water partition coefficient (Wildman–Crippen LogP) is 0.356. The average Bonchev–Trinajstić information content (AvgIpc) is 2.61. The van der Waals surface area contributed by atoms with E-state index in [1.54, 1.807) is 19.9 Å². The number of hydrogen-bond acceptors (Lipinski definition) is 5. The lowest BCUT2D eigenvalue weighted by Gasteiger charge is -2.32. The molecule has 1 fully saturated rings. The fourth-order valence-electron chi connectivity index (χ4n) is 3.61. The zero-order chi connectivity index (χ0) is 20.9. The molecular weight excluding hydrogens is 382 g/mol. The van der Waals surface area contributed by atoms with Crippen LogP contribution in [0.15, 0.2) is 23.1 Å². The Bertz CT molecular complexity index is 770. The molecule has 0 aromatic heterocycles. The fraction of sp³-hybridized carbons (Fsp3) is 0.632. The van der Waals surface area contributed by atoms with Crippen LogP contribution in [0.2, 0.25) is 0 Å². The number of quaternary nitrogens is 1. The molecule has 2 N–H and O–H groups in total. The molecule has 0 saturated carbocycles. The molecule has 28 heavy (non-hydrogen) atoms. The van der Waals surface area contributed by atoms with E-state index >= 15 is 0 Å². The predicted molar refractivity (Wildman–Crippen MR) is 107 cm³/mol. The molecule has 8 nitrogen and oxygen atoms in total. The van der Waals surface area contributed by atoms with Crippen molar-refractivity contribution in [3.63, 3.8) is 0 Å². The first-order chi connectivity index (χ1) is 13.2. The molecule has 158 valence electrons.